The molecule has 0 aliphatic heterocycles. The molecule has 4 nitrogen and oxygen atoms in total. The highest BCUT2D eigenvalue weighted by molar-refractivity contribution is 6.63. The highest BCUT2D eigenvalue weighted by Gasteiger charge is 2.06. The number of carbonyl (C=O) groups is 1. The molecule has 204 valence electrons. The molecule has 9 heteroatoms. The van der Waals surface area contributed by atoms with Gasteiger partial charge in [0, 0.05) is 5.56 Å². The third kappa shape index (κ3) is 26.8. The second kappa shape index (κ2) is 31.2. The molecular weight excluding hydrogens is 566 g/mol. The van der Waals surface area contributed by atoms with Gasteiger partial charge < -0.3 is 15.3 Å². The molecule has 0 radical (unpaired) electrons. The Morgan fingerprint density at radius 2 is 0.944 bits per heavy atom. The average molecular weight is 603 g/mol. The van der Waals surface area contributed by atoms with Crippen LogP contribution >= 0.6 is 58.0 Å². The Morgan fingerprint density at radius 3 is 1.19 bits per heavy atom. The van der Waals surface area contributed by atoms with Gasteiger partial charge in [-0.3, -0.25) is 4.79 Å². The minimum absolute atomic E-state index is 0.0347. The van der Waals surface area contributed by atoms with E-state index in [0.717, 1.165) is 0 Å². The Morgan fingerprint density at radius 1 is 0.583 bits per heavy atom. The fraction of sp³-hybridized carbons (Fsp3) is 0.296. The molecule has 0 aliphatic carbocycles. The van der Waals surface area contributed by atoms with Crippen molar-refractivity contribution in [3.05, 3.63) is 90.0 Å². The Balaban J connectivity index is -0.000000183. The molecule has 3 rings (SSSR count). The van der Waals surface area contributed by atoms with E-state index in [9.17, 15) is 4.79 Å². The fourth-order valence-electron chi connectivity index (χ4n) is 1.69. The van der Waals surface area contributed by atoms with E-state index in [0.29, 0.717) is 23.2 Å². The number of phenols is 3. The Kier molecular flexibility index (Phi) is 35.8. The zero-order valence-electron chi connectivity index (χ0n) is 21.4. The number of carbonyl (C=O) groups excluding carboxylic acids is 1. The quantitative estimate of drug-likeness (QED) is 0.201. The van der Waals surface area contributed by atoms with E-state index in [-0.39, 0.29) is 11.5 Å². The van der Waals surface area contributed by atoms with Crippen LogP contribution in [-0.4, -0.2) is 25.9 Å². The van der Waals surface area contributed by atoms with Gasteiger partial charge in [-0.05, 0) is 30.3 Å². The van der Waals surface area contributed by atoms with Gasteiger partial charge in [-0.1, -0.05) is 148 Å². The molecule has 0 aromatic heterocycles. The minimum atomic E-state index is -0.750. The first-order chi connectivity index (χ1) is 17.2. The van der Waals surface area contributed by atoms with E-state index in [1.165, 1.54) is 6.07 Å². The first kappa shape index (κ1) is 41.3. The summed E-state index contributed by atoms with van der Waals surface area (Å²) in [5.74, 6) is 0.493. The van der Waals surface area contributed by atoms with Crippen LogP contribution in [0.4, 0.5) is 0 Å². The normalized spacial score (nSPS) is 8.25. The van der Waals surface area contributed by atoms with Crippen LogP contribution in [0, 0.1) is 0 Å². The van der Waals surface area contributed by atoms with Crippen LogP contribution in [0.3, 0.4) is 0 Å². The van der Waals surface area contributed by atoms with Gasteiger partial charge >= 0.3 is 0 Å². The lowest BCUT2D eigenvalue weighted by atomic mass is 10.2. The molecule has 36 heavy (non-hydrogen) atoms. The van der Waals surface area contributed by atoms with Crippen molar-refractivity contribution >= 4 is 64.3 Å². The van der Waals surface area contributed by atoms with Crippen molar-refractivity contribution in [2.75, 3.05) is 0 Å². The van der Waals surface area contributed by atoms with Crippen LogP contribution in [-0.2, 0) is 0 Å². The first-order valence-electron chi connectivity index (χ1n) is 11.1. The van der Waals surface area contributed by atoms with Crippen molar-refractivity contribution in [3.8, 4) is 17.2 Å². The van der Waals surface area contributed by atoms with E-state index in [2.05, 4.69) is 0 Å². The van der Waals surface area contributed by atoms with Crippen LogP contribution < -0.4 is 0 Å². The van der Waals surface area contributed by atoms with Crippen LogP contribution in [0.25, 0.3) is 0 Å². The van der Waals surface area contributed by atoms with Crippen molar-refractivity contribution in [1.29, 1.82) is 0 Å². The highest BCUT2D eigenvalue weighted by atomic mass is 35.6. The molecule has 0 fully saturated rings. The Bertz CT molecular complexity index is 846. The van der Waals surface area contributed by atoms with Gasteiger partial charge in [-0.15, -0.1) is 0 Å². The zero-order valence-corrected chi connectivity index (χ0v) is 25.2. The molecule has 0 bridgehead atoms. The third-order valence-electron chi connectivity index (χ3n) is 2.99. The first-order valence-corrected chi connectivity index (χ1v) is 13.3. The van der Waals surface area contributed by atoms with Crippen molar-refractivity contribution < 1.29 is 20.1 Å². The van der Waals surface area contributed by atoms with Gasteiger partial charge in [0.1, 0.15) is 22.1 Å². The van der Waals surface area contributed by atoms with E-state index < -0.39 is 9.13 Å². The lowest BCUT2D eigenvalue weighted by molar-refractivity contribution is 0.112. The van der Waals surface area contributed by atoms with Crippen molar-refractivity contribution in [2.24, 2.45) is 0 Å². The molecule has 0 amide bonds. The average Bonchev–Trinajstić information content (AvgIpc) is 2.89. The molecule has 0 saturated carbocycles. The van der Waals surface area contributed by atoms with Gasteiger partial charge in [0.25, 0.3) is 0 Å². The summed E-state index contributed by atoms with van der Waals surface area (Å²) in [6.07, 6.45) is 0.620. The molecule has 0 unspecified atom stereocenters. The monoisotopic (exact) mass is 600 g/mol. The van der Waals surface area contributed by atoms with Gasteiger partial charge in [0.2, 0.25) is 0 Å². The molecule has 0 aliphatic rings. The van der Waals surface area contributed by atoms with Gasteiger partial charge in [0.15, 0.2) is 10.6 Å². The second-order valence-corrected chi connectivity index (χ2v) is 8.19. The van der Waals surface area contributed by atoms with Gasteiger partial charge in [0.05, 0.1) is 5.56 Å². The SMILES string of the molecule is CC.CC.CC.ClC(Cl)Cl.O=Cc1ccccc1O.Oc1ccccc1.Oc1ccccc1C(Cl)Cl. The number of para-hydroxylation sites is 3. The second-order valence-electron chi connectivity index (χ2n) is 5.12. The Hall–Kier alpha value is -1.82. The fourth-order valence-corrected chi connectivity index (χ4v) is 2.06. The molecular formula is C27H37Cl5O4. The number of rotatable bonds is 2. The summed E-state index contributed by atoms with van der Waals surface area (Å²) in [6, 6.07) is 21.8. The van der Waals surface area contributed by atoms with Crippen LogP contribution in [0.1, 0.15) is 62.3 Å². The number of aldehydes is 1. The summed E-state index contributed by atoms with van der Waals surface area (Å²) in [4.78, 5) is 9.42. The number of hydrogen-bond acceptors (Lipinski definition) is 4. The summed E-state index contributed by atoms with van der Waals surface area (Å²) >= 11 is 25.4. The maximum atomic E-state index is 10.1. The number of aromatic hydroxyl groups is 3. The summed E-state index contributed by atoms with van der Waals surface area (Å²) in [5.41, 5.74) is 0.878. The van der Waals surface area contributed by atoms with Crippen molar-refractivity contribution in [2.45, 2.75) is 50.7 Å². The van der Waals surface area contributed by atoms with Crippen LogP contribution in [0.5, 0.6) is 17.2 Å². The number of alkyl halides is 5. The maximum absolute atomic E-state index is 10.1. The topological polar surface area (TPSA) is 77.8 Å². The van der Waals surface area contributed by atoms with E-state index >= 15 is 0 Å². The molecule has 3 aromatic carbocycles. The van der Waals surface area contributed by atoms with E-state index in [1.807, 2.05) is 47.6 Å². The molecule has 0 saturated heterocycles. The smallest absolute Gasteiger partial charge is 0.180 e. The number of hydrogen-bond donors (Lipinski definition) is 3. The summed E-state index contributed by atoms with van der Waals surface area (Å²) in [6.45, 7) is 12.0. The standard InChI is InChI=1S/C7H6Cl2O.C7H6O2.C6H6O.3C2H6.CHCl3/c8-7(9)5-3-1-2-4-6(5)10;8-5-6-3-1-2-4-7(6)9;7-6-4-2-1-3-5-6;3*1-2;2-1(3)4/h1-4,7,10H;1-5,9H;1-5,7H;3*1-2H3;1H. The van der Waals surface area contributed by atoms with E-state index in [4.69, 9.17) is 73.3 Å². The molecule has 0 heterocycles. The minimum Gasteiger partial charge on any atom is -0.508 e. The Labute approximate surface area is 241 Å². The third-order valence-corrected chi connectivity index (χ3v) is 3.46. The van der Waals surface area contributed by atoms with Gasteiger partial charge in [-0.25, -0.2) is 0 Å². The van der Waals surface area contributed by atoms with Crippen molar-refractivity contribution in [1.82, 2.24) is 0 Å². The zero-order chi connectivity index (χ0) is 28.9. The van der Waals surface area contributed by atoms with E-state index in [1.54, 1.807) is 66.7 Å². The van der Waals surface area contributed by atoms with Gasteiger partial charge in [-0.2, -0.15) is 0 Å². The van der Waals surface area contributed by atoms with Crippen LogP contribution in [0.2, 0.25) is 0 Å². The number of benzene rings is 3. The summed E-state index contributed by atoms with van der Waals surface area (Å²) < 4.78 is -0.750. The molecule has 0 spiro atoms. The lowest BCUT2D eigenvalue weighted by Crippen LogP contribution is -1.80. The number of halogens is 5. The highest BCUT2D eigenvalue weighted by Crippen LogP contribution is 2.31. The molecule has 3 aromatic rings. The maximum Gasteiger partial charge on any atom is 0.180 e. The predicted molar refractivity (Wildman–Crippen MR) is 160 cm³/mol. The largest absolute Gasteiger partial charge is 0.508 e. The number of phenolic OH excluding ortho intramolecular Hbond substituents is 3. The molecule has 3 N–H and O–H groups in total. The molecule has 0 atom stereocenters. The summed E-state index contributed by atoms with van der Waals surface area (Å²) in [5, 5.41) is 26.6. The van der Waals surface area contributed by atoms with Crippen molar-refractivity contribution in [3.63, 3.8) is 0 Å². The summed E-state index contributed by atoms with van der Waals surface area (Å²) in [7, 11) is 0. The lowest BCUT2D eigenvalue weighted by Gasteiger charge is -2.02. The van der Waals surface area contributed by atoms with Crippen LogP contribution in [0.15, 0.2) is 78.9 Å². The predicted octanol–water partition coefficient (Wildman–Crippen LogP) is 10.5.